The molecule has 0 N–H and O–H groups in total. The van der Waals surface area contributed by atoms with Crippen molar-refractivity contribution >= 4 is 51.4 Å². The summed E-state index contributed by atoms with van der Waals surface area (Å²) in [5.41, 5.74) is 0. The van der Waals surface area contributed by atoms with E-state index in [1.54, 1.807) is 0 Å². The SMILES string of the molecule is C=CF.[KH]. The molecule has 0 amide bonds. The first-order valence-corrected chi connectivity index (χ1v) is 0.626. The van der Waals surface area contributed by atoms with Gasteiger partial charge in [0, 0.05) is 0 Å². The van der Waals surface area contributed by atoms with Gasteiger partial charge in [-0.15, -0.1) is 0 Å². The Kier molecular flexibility index (Phi) is 19.9. The Morgan fingerprint density at radius 1 is 1.75 bits per heavy atom. The van der Waals surface area contributed by atoms with Gasteiger partial charge in [-0.1, -0.05) is 6.58 Å². The monoisotopic (exact) mass is 86.0 g/mol. The van der Waals surface area contributed by atoms with Crippen molar-refractivity contribution in [1.29, 1.82) is 0 Å². The van der Waals surface area contributed by atoms with Crippen LogP contribution in [0.15, 0.2) is 12.9 Å². The molecule has 2 heteroatoms. The molecule has 0 aliphatic heterocycles. The van der Waals surface area contributed by atoms with Gasteiger partial charge >= 0.3 is 51.4 Å². The van der Waals surface area contributed by atoms with Gasteiger partial charge in [0.15, 0.2) is 0 Å². The van der Waals surface area contributed by atoms with E-state index in [0.29, 0.717) is 0 Å². The molecule has 20 valence electrons. The van der Waals surface area contributed by atoms with Crippen molar-refractivity contribution in [3.63, 3.8) is 0 Å². The predicted octanol–water partition coefficient (Wildman–Crippen LogP) is 0.451. The van der Waals surface area contributed by atoms with E-state index in [-0.39, 0.29) is 57.7 Å². The second-order valence-electron chi connectivity index (χ2n) is 0.154. The summed E-state index contributed by atoms with van der Waals surface area (Å²) in [6, 6.07) is 0. The van der Waals surface area contributed by atoms with Crippen molar-refractivity contribution in [3.05, 3.63) is 12.9 Å². The van der Waals surface area contributed by atoms with Gasteiger partial charge in [-0.05, 0) is 0 Å². The first-order valence-electron chi connectivity index (χ1n) is 0.626. The summed E-state index contributed by atoms with van der Waals surface area (Å²) in [4.78, 5) is 0. The molecule has 0 nitrogen and oxygen atoms in total. The Hall–Kier alpha value is 1.31. The minimum atomic E-state index is 0. The molecule has 0 atom stereocenters. The van der Waals surface area contributed by atoms with Crippen LogP contribution in [0.2, 0.25) is 0 Å². The molecule has 0 radical (unpaired) electrons. The molecule has 4 heavy (non-hydrogen) atoms. The van der Waals surface area contributed by atoms with E-state index in [4.69, 9.17) is 0 Å². The number of rotatable bonds is 0. The zero-order valence-corrected chi connectivity index (χ0v) is 1.66. The summed E-state index contributed by atoms with van der Waals surface area (Å²) in [7, 11) is 0. The molecule has 0 rings (SSSR count). The zero-order chi connectivity index (χ0) is 2.71. The van der Waals surface area contributed by atoms with Crippen molar-refractivity contribution in [2.45, 2.75) is 0 Å². The first kappa shape index (κ1) is 9.00. The van der Waals surface area contributed by atoms with Crippen molar-refractivity contribution in [1.82, 2.24) is 0 Å². The number of halogens is 1. The summed E-state index contributed by atoms with van der Waals surface area (Å²) in [6.07, 6.45) is 0.250. The predicted molar refractivity (Wildman–Crippen MR) is 18.5 cm³/mol. The summed E-state index contributed by atoms with van der Waals surface area (Å²) >= 11 is 0. The van der Waals surface area contributed by atoms with Gasteiger partial charge in [-0.3, -0.25) is 0 Å². The first-order chi connectivity index (χ1) is 1.41. The van der Waals surface area contributed by atoms with Gasteiger partial charge in [0.1, 0.15) is 0 Å². The third-order valence-electron chi connectivity index (χ3n) is 0. The second-order valence-corrected chi connectivity index (χ2v) is 0.154. The molecule has 0 unspecified atom stereocenters. The van der Waals surface area contributed by atoms with Crippen LogP contribution >= 0.6 is 0 Å². The average Bonchev–Trinajstić information content (AvgIpc) is 0.918. The van der Waals surface area contributed by atoms with Crippen LogP contribution in [0.4, 0.5) is 4.39 Å². The molecule has 0 heterocycles. The number of hydrogen-bond acceptors (Lipinski definition) is 0. The number of hydrogen-bond donors (Lipinski definition) is 0. The Labute approximate surface area is 67.5 Å². The normalized spacial score (nSPS) is 3.25. The van der Waals surface area contributed by atoms with E-state index in [9.17, 15) is 4.39 Å². The van der Waals surface area contributed by atoms with Crippen LogP contribution in [0.5, 0.6) is 0 Å². The molecule has 0 aromatic rings. The molecule has 0 aromatic carbocycles. The van der Waals surface area contributed by atoms with E-state index in [2.05, 4.69) is 6.58 Å². The molecule has 0 aliphatic carbocycles. The maximum absolute atomic E-state index is 10.1. The Bertz CT molecular complexity index is 13.5. The molecule has 0 saturated heterocycles. The quantitative estimate of drug-likeness (QED) is 0.375. The average molecular weight is 86.1 g/mol. The van der Waals surface area contributed by atoms with E-state index < -0.39 is 0 Å². The maximum atomic E-state index is 10.1. The summed E-state index contributed by atoms with van der Waals surface area (Å²) < 4.78 is 10.1. The van der Waals surface area contributed by atoms with Gasteiger partial charge in [0.2, 0.25) is 0 Å². The molecular weight excluding hydrogens is 82.1 g/mol. The van der Waals surface area contributed by atoms with E-state index in [0.717, 1.165) is 0 Å². The van der Waals surface area contributed by atoms with Gasteiger partial charge in [0.25, 0.3) is 0 Å². The molecule has 0 spiro atoms. The summed E-state index contributed by atoms with van der Waals surface area (Å²) in [6.45, 7) is 2.69. The summed E-state index contributed by atoms with van der Waals surface area (Å²) in [5, 5.41) is 0. The van der Waals surface area contributed by atoms with Crippen LogP contribution in [0, 0.1) is 0 Å². The van der Waals surface area contributed by atoms with Crippen LogP contribution < -0.4 is 0 Å². The summed E-state index contributed by atoms with van der Waals surface area (Å²) in [5.74, 6) is 0. The van der Waals surface area contributed by atoms with Gasteiger partial charge in [-0.25, -0.2) is 4.39 Å². The topological polar surface area (TPSA) is 0 Å². The van der Waals surface area contributed by atoms with Crippen LogP contribution in [0.3, 0.4) is 0 Å². The van der Waals surface area contributed by atoms with Crippen molar-refractivity contribution < 1.29 is 4.39 Å². The van der Waals surface area contributed by atoms with E-state index >= 15 is 0 Å². The molecule has 0 saturated carbocycles. The fraction of sp³-hybridized carbons (Fsp3) is 0. The van der Waals surface area contributed by atoms with Crippen molar-refractivity contribution in [2.24, 2.45) is 0 Å². The van der Waals surface area contributed by atoms with Gasteiger partial charge < -0.3 is 0 Å². The van der Waals surface area contributed by atoms with Gasteiger partial charge in [0.05, 0.1) is 6.33 Å². The Morgan fingerprint density at radius 3 is 1.75 bits per heavy atom. The molecule has 0 aromatic heterocycles. The van der Waals surface area contributed by atoms with E-state index in [1.165, 1.54) is 0 Å². The van der Waals surface area contributed by atoms with E-state index in [1.807, 2.05) is 0 Å². The zero-order valence-electron chi connectivity index (χ0n) is 1.66. The van der Waals surface area contributed by atoms with Crippen LogP contribution in [-0.2, 0) is 0 Å². The van der Waals surface area contributed by atoms with Crippen molar-refractivity contribution in [3.8, 4) is 0 Å². The third kappa shape index (κ3) is 10.3. The fourth-order valence-electron chi connectivity index (χ4n) is 0. The molecule has 0 fully saturated rings. The van der Waals surface area contributed by atoms with Crippen LogP contribution in [0.25, 0.3) is 0 Å². The van der Waals surface area contributed by atoms with Gasteiger partial charge in [-0.2, -0.15) is 0 Å². The molecular formula is C2H4FK. The van der Waals surface area contributed by atoms with Crippen LogP contribution in [0.1, 0.15) is 0 Å². The standard InChI is InChI=1S/C2H3F.K.H/c1-2-3;;/h2H,1H2;;. The molecule has 0 aliphatic rings. The Morgan fingerprint density at radius 2 is 1.75 bits per heavy atom. The molecule has 0 bridgehead atoms. The third-order valence-corrected chi connectivity index (χ3v) is 0. The second kappa shape index (κ2) is 8.85. The Balaban J connectivity index is 0. The minimum absolute atomic E-state index is 0. The fourth-order valence-corrected chi connectivity index (χ4v) is 0. The van der Waals surface area contributed by atoms with Crippen LogP contribution in [-0.4, -0.2) is 51.4 Å². The van der Waals surface area contributed by atoms with Crippen molar-refractivity contribution in [2.75, 3.05) is 0 Å².